The fraction of sp³-hybridized carbons (Fsp3) is 0.500. The Morgan fingerprint density at radius 1 is 1.32 bits per heavy atom. The van der Waals surface area contributed by atoms with Crippen molar-refractivity contribution in [3.05, 3.63) is 29.8 Å². The molecule has 2 heterocycles. The number of hydrogen-bond acceptors (Lipinski definition) is 4. The van der Waals surface area contributed by atoms with Crippen molar-refractivity contribution in [3.8, 4) is 5.75 Å². The average molecular weight is 303 g/mol. The number of methoxy groups -OCH3 is 1. The van der Waals surface area contributed by atoms with E-state index in [1.807, 2.05) is 24.3 Å². The Morgan fingerprint density at radius 2 is 2.05 bits per heavy atom. The summed E-state index contributed by atoms with van der Waals surface area (Å²) in [6, 6.07) is 7.27. The topological polar surface area (TPSA) is 70.7 Å². The second-order valence-electron chi connectivity index (χ2n) is 5.90. The van der Waals surface area contributed by atoms with Crippen molar-refractivity contribution in [2.24, 2.45) is 0 Å². The Hall–Kier alpha value is -2.08. The second kappa shape index (κ2) is 5.96. The maximum Gasteiger partial charge on any atom is 0.245 e. The third-order valence-corrected chi connectivity index (χ3v) is 4.37. The minimum Gasteiger partial charge on any atom is -0.497 e. The molecule has 2 amide bonds. The first-order valence-electron chi connectivity index (χ1n) is 7.55. The first-order valence-corrected chi connectivity index (χ1v) is 7.55. The normalized spacial score (nSPS) is 27.5. The molecule has 22 heavy (non-hydrogen) atoms. The molecule has 2 N–H and O–H groups in total. The molecule has 0 bridgehead atoms. The van der Waals surface area contributed by atoms with Crippen molar-refractivity contribution in [1.29, 1.82) is 0 Å². The van der Waals surface area contributed by atoms with Gasteiger partial charge in [0.1, 0.15) is 17.8 Å². The van der Waals surface area contributed by atoms with Gasteiger partial charge in [0.2, 0.25) is 11.8 Å². The maximum absolute atomic E-state index is 12.1. The summed E-state index contributed by atoms with van der Waals surface area (Å²) in [6.07, 6.45) is 0.667. The van der Waals surface area contributed by atoms with E-state index in [-0.39, 0.29) is 23.9 Å². The van der Waals surface area contributed by atoms with Crippen molar-refractivity contribution in [1.82, 2.24) is 15.5 Å². The van der Waals surface area contributed by atoms with Gasteiger partial charge in [0.25, 0.3) is 0 Å². The zero-order valence-electron chi connectivity index (χ0n) is 12.8. The van der Waals surface area contributed by atoms with E-state index in [1.54, 1.807) is 18.9 Å². The molecule has 0 spiro atoms. The quantitative estimate of drug-likeness (QED) is 0.838. The molecule has 1 aromatic rings. The standard InChI is InChI=1S/C16H21N3O3/c1-10-16(21)19-9-12(7-14(19)15(20)18-10)17-8-11-3-5-13(22-2)6-4-11/h3-6,10,12,14,17H,7-9H2,1-2H3,(H,18,20)/t10-,12+,14+/m1/s1. The molecule has 6 nitrogen and oxygen atoms in total. The third-order valence-electron chi connectivity index (χ3n) is 4.37. The first-order chi connectivity index (χ1) is 10.6. The number of amides is 2. The maximum atomic E-state index is 12.1. The van der Waals surface area contributed by atoms with Crippen molar-refractivity contribution < 1.29 is 14.3 Å². The number of nitrogens with one attached hydrogen (secondary N) is 2. The zero-order valence-corrected chi connectivity index (χ0v) is 12.8. The van der Waals surface area contributed by atoms with Crippen LogP contribution in [0.15, 0.2) is 24.3 Å². The highest BCUT2D eigenvalue weighted by Crippen LogP contribution is 2.23. The Labute approximate surface area is 129 Å². The number of piperazine rings is 1. The van der Waals surface area contributed by atoms with Gasteiger partial charge in [-0.3, -0.25) is 9.59 Å². The summed E-state index contributed by atoms with van der Waals surface area (Å²) in [7, 11) is 1.64. The highest BCUT2D eigenvalue weighted by Gasteiger charge is 2.44. The van der Waals surface area contributed by atoms with E-state index < -0.39 is 6.04 Å². The molecule has 2 saturated heterocycles. The van der Waals surface area contributed by atoms with E-state index in [4.69, 9.17) is 4.74 Å². The molecular formula is C16H21N3O3. The number of carbonyl (C=O) groups is 2. The number of carbonyl (C=O) groups excluding carboxylic acids is 2. The molecule has 2 aliphatic heterocycles. The predicted octanol–water partition coefficient (Wildman–Crippen LogP) is 0.273. The Morgan fingerprint density at radius 3 is 2.73 bits per heavy atom. The molecule has 1 aromatic carbocycles. The second-order valence-corrected chi connectivity index (χ2v) is 5.90. The fourth-order valence-corrected chi connectivity index (χ4v) is 3.10. The highest BCUT2D eigenvalue weighted by atomic mass is 16.5. The third kappa shape index (κ3) is 2.78. The number of ether oxygens (including phenoxy) is 1. The van der Waals surface area contributed by atoms with Crippen LogP contribution in [0.1, 0.15) is 18.9 Å². The summed E-state index contributed by atoms with van der Waals surface area (Å²) in [6.45, 7) is 3.03. The number of rotatable bonds is 4. The molecule has 3 rings (SSSR count). The van der Waals surface area contributed by atoms with Crippen LogP contribution in [0.4, 0.5) is 0 Å². The summed E-state index contributed by atoms with van der Waals surface area (Å²) < 4.78 is 5.14. The van der Waals surface area contributed by atoms with Gasteiger partial charge in [0.05, 0.1) is 7.11 Å². The van der Waals surface area contributed by atoms with Gasteiger partial charge in [-0.25, -0.2) is 0 Å². The van der Waals surface area contributed by atoms with E-state index in [1.165, 1.54) is 0 Å². The lowest BCUT2D eigenvalue weighted by molar-refractivity contribution is -0.146. The highest BCUT2D eigenvalue weighted by molar-refractivity contribution is 5.97. The van der Waals surface area contributed by atoms with Gasteiger partial charge >= 0.3 is 0 Å². The molecule has 0 radical (unpaired) electrons. The molecule has 0 saturated carbocycles. The lowest BCUT2D eigenvalue weighted by atomic mass is 10.1. The van der Waals surface area contributed by atoms with Crippen LogP contribution in [0.25, 0.3) is 0 Å². The molecule has 118 valence electrons. The van der Waals surface area contributed by atoms with Gasteiger partial charge < -0.3 is 20.3 Å². The predicted molar refractivity (Wildman–Crippen MR) is 81.3 cm³/mol. The smallest absolute Gasteiger partial charge is 0.245 e. The number of fused-ring (bicyclic) bond motifs is 1. The Kier molecular flexibility index (Phi) is 4.02. The van der Waals surface area contributed by atoms with E-state index in [9.17, 15) is 9.59 Å². The van der Waals surface area contributed by atoms with Gasteiger partial charge in [-0.15, -0.1) is 0 Å². The number of benzene rings is 1. The van der Waals surface area contributed by atoms with E-state index in [0.717, 1.165) is 11.3 Å². The molecular weight excluding hydrogens is 282 g/mol. The van der Waals surface area contributed by atoms with Crippen LogP contribution in [-0.2, 0) is 16.1 Å². The minimum absolute atomic E-state index is 0.0124. The van der Waals surface area contributed by atoms with Crippen LogP contribution in [0.3, 0.4) is 0 Å². The summed E-state index contributed by atoms with van der Waals surface area (Å²) >= 11 is 0. The molecule has 2 fully saturated rings. The van der Waals surface area contributed by atoms with Gasteiger partial charge in [0, 0.05) is 19.1 Å². The monoisotopic (exact) mass is 303 g/mol. The Balaban J connectivity index is 1.58. The average Bonchev–Trinajstić information content (AvgIpc) is 2.96. The molecule has 0 aliphatic carbocycles. The minimum atomic E-state index is -0.413. The van der Waals surface area contributed by atoms with Crippen LogP contribution in [0.5, 0.6) is 5.75 Å². The summed E-state index contributed by atoms with van der Waals surface area (Å²) in [5.41, 5.74) is 1.15. The lowest BCUT2D eigenvalue weighted by Gasteiger charge is -2.32. The van der Waals surface area contributed by atoms with E-state index >= 15 is 0 Å². The SMILES string of the molecule is COc1ccc(CN[C@H]2C[C@H]3C(=O)N[C@H](C)C(=O)N3C2)cc1. The number of nitrogens with zero attached hydrogens (tertiary/aromatic N) is 1. The van der Waals surface area contributed by atoms with Gasteiger partial charge in [-0.1, -0.05) is 12.1 Å². The van der Waals surface area contributed by atoms with Gasteiger partial charge in [-0.05, 0) is 31.0 Å². The van der Waals surface area contributed by atoms with Crippen LogP contribution in [-0.4, -0.2) is 48.5 Å². The van der Waals surface area contributed by atoms with E-state index in [2.05, 4.69) is 10.6 Å². The summed E-state index contributed by atoms with van der Waals surface area (Å²) in [5.74, 6) is 0.803. The largest absolute Gasteiger partial charge is 0.497 e. The zero-order chi connectivity index (χ0) is 15.7. The number of hydrogen-bond donors (Lipinski definition) is 2. The molecule has 0 aromatic heterocycles. The van der Waals surface area contributed by atoms with Crippen molar-refractivity contribution >= 4 is 11.8 Å². The Bertz CT molecular complexity index is 573. The van der Waals surface area contributed by atoms with Crippen LogP contribution in [0, 0.1) is 0 Å². The first kappa shape index (κ1) is 14.8. The summed E-state index contributed by atoms with van der Waals surface area (Å²) in [4.78, 5) is 25.8. The fourth-order valence-electron chi connectivity index (χ4n) is 3.10. The van der Waals surface area contributed by atoms with Crippen LogP contribution in [0.2, 0.25) is 0 Å². The summed E-state index contributed by atoms with van der Waals surface area (Å²) in [5, 5.41) is 6.17. The van der Waals surface area contributed by atoms with Crippen molar-refractivity contribution in [3.63, 3.8) is 0 Å². The molecule has 6 heteroatoms. The van der Waals surface area contributed by atoms with Crippen molar-refractivity contribution in [2.75, 3.05) is 13.7 Å². The lowest BCUT2D eigenvalue weighted by Crippen LogP contribution is -2.60. The molecule has 2 aliphatic rings. The molecule has 3 atom stereocenters. The molecule has 0 unspecified atom stereocenters. The van der Waals surface area contributed by atoms with E-state index in [0.29, 0.717) is 19.5 Å². The van der Waals surface area contributed by atoms with Gasteiger partial charge in [0.15, 0.2) is 0 Å². The van der Waals surface area contributed by atoms with Crippen LogP contribution >= 0.6 is 0 Å². The van der Waals surface area contributed by atoms with Crippen LogP contribution < -0.4 is 15.4 Å². The van der Waals surface area contributed by atoms with Gasteiger partial charge in [-0.2, -0.15) is 0 Å². The van der Waals surface area contributed by atoms with Crippen molar-refractivity contribution in [2.45, 2.75) is 38.0 Å².